The fourth-order valence-electron chi connectivity index (χ4n) is 5.19. The second-order valence-electron chi connectivity index (χ2n) is 8.56. The molecule has 0 bridgehead atoms. The van der Waals surface area contributed by atoms with E-state index in [1.165, 1.54) is 0 Å². The van der Waals surface area contributed by atoms with Crippen LogP contribution in [0.3, 0.4) is 0 Å². The topological polar surface area (TPSA) is 58.4 Å². The van der Waals surface area contributed by atoms with E-state index in [0.29, 0.717) is 22.8 Å². The molecule has 1 atom stereocenters. The van der Waals surface area contributed by atoms with Crippen LogP contribution in [0, 0.1) is 18.8 Å². The lowest BCUT2D eigenvalue weighted by atomic mass is 9.78. The Morgan fingerprint density at radius 2 is 2.00 bits per heavy atom. The number of fused-ring (bicyclic) bond motifs is 1. The summed E-state index contributed by atoms with van der Waals surface area (Å²) in [5, 5.41) is 10.3. The highest BCUT2D eigenvalue weighted by atomic mass is 19.3. The van der Waals surface area contributed by atoms with E-state index in [1.54, 1.807) is 12.3 Å². The van der Waals surface area contributed by atoms with Crippen LogP contribution in [0.15, 0.2) is 18.3 Å². The largest absolute Gasteiger partial charge is 0.478 e. The summed E-state index contributed by atoms with van der Waals surface area (Å²) >= 11 is 0. The molecule has 3 heterocycles. The van der Waals surface area contributed by atoms with Crippen LogP contribution in [0.2, 0.25) is 0 Å². The molecule has 1 aliphatic carbocycles. The number of hydrogen-bond donors (Lipinski definition) is 1. The molecule has 0 radical (unpaired) electrons. The minimum atomic E-state index is -2.49. The highest BCUT2D eigenvalue weighted by Gasteiger charge is 2.44. The van der Waals surface area contributed by atoms with E-state index in [1.807, 2.05) is 17.9 Å². The maximum Gasteiger partial charge on any atom is 0.338 e. The lowest BCUT2D eigenvalue weighted by Crippen LogP contribution is -2.57. The Balaban J connectivity index is 1.47. The predicted molar refractivity (Wildman–Crippen MR) is 103 cm³/mol. The number of hydrogen-bond acceptors (Lipinski definition) is 3. The second-order valence-corrected chi connectivity index (χ2v) is 8.56. The third-order valence-electron chi connectivity index (χ3n) is 6.63. The van der Waals surface area contributed by atoms with E-state index in [0.717, 1.165) is 43.6 Å². The van der Waals surface area contributed by atoms with Crippen LogP contribution in [0.5, 0.6) is 0 Å². The van der Waals surface area contributed by atoms with Gasteiger partial charge in [-0.1, -0.05) is 0 Å². The van der Waals surface area contributed by atoms with E-state index >= 15 is 0 Å². The Kier molecular flexibility index (Phi) is 4.89. The molecule has 2 fully saturated rings. The molecule has 1 aliphatic heterocycles. The average molecular weight is 391 g/mol. The van der Waals surface area contributed by atoms with Crippen LogP contribution in [0.1, 0.15) is 54.7 Å². The van der Waals surface area contributed by atoms with Gasteiger partial charge in [-0.2, -0.15) is 0 Å². The van der Waals surface area contributed by atoms with Gasteiger partial charge in [0.1, 0.15) is 5.65 Å². The summed E-state index contributed by atoms with van der Waals surface area (Å²) in [5.74, 6) is -2.49. The van der Waals surface area contributed by atoms with Gasteiger partial charge in [0.05, 0.1) is 18.7 Å². The Bertz CT molecular complexity index is 879. The molecule has 7 heteroatoms. The summed E-state index contributed by atoms with van der Waals surface area (Å²) in [6, 6.07) is 3.75. The first-order valence-corrected chi connectivity index (χ1v) is 10.1. The van der Waals surface area contributed by atoms with Crippen molar-refractivity contribution >= 4 is 17.0 Å². The number of carboxylic acids is 1. The van der Waals surface area contributed by atoms with E-state index in [-0.39, 0.29) is 19.1 Å². The molecule has 2 aromatic rings. The number of likely N-dealkylation sites (tertiary alicyclic amines) is 1. The van der Waals surface area contributed by atoms with E-state index in [2.05, 4.69) is 16.5 Å². The maximum absolute atomic E-state index is 13.0. The molecule has 28 heavy (non-hydrogen) atoms. The zero-order valence-electron chi connectivity index (χ0n) is 16.4. The van der Waals surface area contributed by atoms with Gasteiger partial charge in [-0.15, -0.1) is 0 Å². The van der Waals surface area contributed by atoms with Crippen LogP contribution < -0.4 is 0 Å². The molecule has 0 unspecified atom stereocenters. The van der Waals surface area contributed by atoms with Crippen molar-refractivity contribution in [1.29, 1.82) is 0 Å². The van der Waals surface area contributed by atoms with Gasteiger partial charge in [0.15, 0.2) is 0 Å². The van der Waals surface area contributed by atoms with Crippen molar-refractivity contribution < 1.29 is 18.7 Å². The number of aromatic nitrogens is 2. The van der Waals surface area contributed by atoms with Crippen molar-refractivity contribution in [3.8, 4) is 0 Å². The quantitative estimate of drug-likeness (QED) is 0.823. The Labute approximate surface area is 163 Å². The Morgan fingerprint density at radius 3 is 2.61 bits per heavy atom. The molecule has 1 N–H and O–H groups in total. The molecule has 1 saturated carbocycles. The van der Waals surface area contributed by atoms with Gasteiger partial charge in [0.2, 0.25) is 0 Å². The number of carbonyl (C=O) groups is 1. The van der Waals surface area contributed by atoms with Crippen molar-refractivity contribution in [2.75, 3.05) is 19.6 Å². The highest BCUT2D eigenvalue weighted by molar-refractivity contribution is 6.04. The van der Waals surface area contributed by atoms with Gasteiger partial charge < -0.3 is 9.67 Å². The average Bonchev–Trinajstić information content (AvgIpc) is 2.92. The predicted octanol–water partition coefficient (Wildman–Crippen LogP) is 4.36. The SMILES string of the molecule is Cc1c(C(=O)O)c2cccnc2n1[C@H](C)C1CCC(CN2CC(F)(F)C2)CC1. The van der Waals surface area contributed by atoms with Crippen LogP contribution in [0.25, 0.3) is 11.0 Å². The molecular formula is C21H27F2N3O2. The molecule has 0 spiro atoms. The first kappa shape index (κ1) is 19.3. The van der Waals surface area contributed by atoms with Crippen LogP contribution >= 0.6 is 0 Å². The minimum Gasteiger partial charge on any atom is -0.478 e. The van der Waals surface area contributed by atoms with E-state index < -0.39 is 11.9 Å². The van der Waals surface area contributed by atoms with Crippen molar-refractivity contribution in [3.05, 3.63) is 29.6 Å². The zero-order valence-corrected chi connectivity index (χ0v) is 16.4. The zero-order chi connectivity index (χ0) is 20.1. The maximum atomic E-state index is 13.0. The van der Waals surface area contributed by atoms with Crippen LogP contribution in [-0.4, -0.2) is 51.1 Å². The molecule has 5 nitrogen and oxygen atoms in total. The summed E-state index contributed by atoms with van der Waals surface area (Å²) < 4.78 is 28.1. The fourth-order valence-corrected chi connectivity index (χ4v) is 5.19. The molecule has 0 amide bonds. The number of pyridine rings is 1. The molecule has 2 aliphatic rings. The summed E-state index contributed by atoms with van der Waals surface area (Å²) in [6.45, 7) is 4.58. The van der Waals surface area contributed by atoms with Gasteiger partial charge in [-0.3, -0.25) is 4.90 Å². The number of nitrogens with zero attached hydrogens (tertiary/aromatic N) is 3. The highest BCUT2D eigenvalue weighted by Crippen LogP contribution is 2.40. The lowest BCUT2D eigenvalue weighted by molar-refractivity contribution is -0.135. The first-order chi connectivity index (χ1) is 13.3. The van der Waals surface area contributed by atoms with Crippen molar-refractivity contribution in [1.82, 2.24) is 14.5 Å². The lowest BCUT2D eigenvalue weighted by Gasteiger charge is -2.42. The number of carboxylic acid groups (broad SMARTS) is 1. The van der Waals surface area contributed by atoms with Gasteiger partial charge >= 0.3 is 5.97 Å². The summed E-state index contributed by atoms with van der Waals surface area (Å²) in [6.07, 6.45) is 5.84. The van der Waals surface area contributed by atoms with Gasteiger partial charge in [-0.05, 0) is 63.5 Å². The molecular weight excluding hydrogens is 364 g/mol. The normalized spacial score (nSPS) is 26.1. The van der Waals surface area contributed by atoms with Crippen LogP contribution in [-0.2, 0) is 0 Å². The molecule has 4 rings (SSSR count). The second kappa shape index (κ2) is 7.10. The third kappa shape index (κ3) is 3.41. The van der Waals surface area contributed by atoms with Crippen molar-refractivity contribution in [3.63, 3.8) is 0 Å². The van der Waals surface area contributed by atoms with E-state index in [4.69, 9.17) is 0 Å². The molecule has 2 aromatic heterocycles. The summed E-state index contributed by atoms with van der Waals surface area (Å²) in [7, 11) is 0. The number of rotatable bonds is 5. The summed E-state index contributed by atoms with van der Waals surface area (Å²) in [4.78, 5) is 18.1. The third-order valence-corrected chi connectivity index (χ3v) is 6.63. The Hall–Kier alpha value is -2.02. The fraction of sp³-hybridized carbons (Fsp3) is 0.619. The Morgan fingerprint density at radius 1 is 1.32 bits per heavy atom. The van der Waals surface area contributed by atoms with Crippen molar-refractivity contribution in [2.24, 2.45) is 11.8 Å². The molecule has 1 saturated heterocycles. The van der Waals surface area contributed by atoms with Gasteiger partial charge in [0.25, 0.3) is 5.92 Å². The van der Waals surface area contributed by atoms with Gasteiger partial charge in [-0.25, -0.2) is 18.6 Å². The standard InChI is InChI=1S/C21H27F2N3O2/c1-13(16-7-5-15(6-8-16)10-25-11-21(22,23)12-25)26-14(2)18(20(27)28)17-4-3-9-24-19(17)26/h3-4,9,13,15-16H,5-8,10-12H2,1-2H3,(H,27,28)/t13-,15?,16?/m1/s1. The van der Waals surface area contributed by atoms with Crippen molar-refractivity contribution in [2.45, 2.75) is 51.5 Å². The van der Waals surface area contributed by atoms with Crippen LogP contribution in [0.4, 0.5) is 8.78 Å². The number of halogens is 2. The minimum absolute atomic E-state index is 0.0957. The molecule has 0 aromatic carbocycles. The van der Waals surface area contributed by atoms with Gasteiger partial charge in [0, 0.05) is 29.9 Å². The van der Waals surface area contributed by atoms with E-state index in [9.17, 15) is 18.7 Å². The molecule has 152 valence electrons. The number of alkyl halides is 2. The first-order valence-electron chi connectivity index (χ1n) is 10.1. The summed E-state index contributed by atoms with van der Waals surface area (Å²) in [5.41, 5.74) is 1.82. The smallest absolute Gasteiger partial charge is 0.338 e. The number of aromatic carboxylic acids is 1. The monoisotopic (exact) mass is 391 g/mol.